The van der Waals surface area contributed by atoms with Crippen molar-refractivity contribution >= 4 is 11.9 Å². The summed E-state index contributed by atoms with van der Waals surface area (Å²) in [5.41, 5.74) is 0. The van der Waals surface area contributed by atoms with Crippen LogP contribution < -0.4 is 5.32 Å². The Morgan fingerprint density at radius 3 is 1.27 bits per heavy atom. The lowest BCUT2D eigenvalue weighted by atomic mass is 9.99. The highest BCUT2D eigenvalue weighted by Crippen LogP contribution is 2.23. The minimum absolute atomic E-state index is 0.00407. The summed E-state index contributed by atoms with van der Waals surface area (Å²) < 4.78 is 16.7. The Hall–Kier alpha value is -2.90. The third-order valence-corrected chi connectivity index (χ3v) is 16.5. The molecular weight excluding hydrogens is 1060 g/mol. The molecule has 11 nitrogen and oxygen atoms in total. The number of ether oxygens (including phenoxy) is 3. The van der Waals surface area contributed by atoms with Gasteiger partial charge in [-0.3, -0.25) is 9.59 Å². The number of hydrogen-bond donors (Lipinski definition) is 6. The minimum atomic E-state index is -1.58. The smallest absolute Gasteiger partial charge is 0.305 e. The summed E-state index contributed by atoms with van der Waals surface area (Å²) >= 11 is 0. The van der Waals surface area contributed by atoms with Gasteiger partial charge in [0.05, 0.1) is 32.0 Å². The Kier molecular flexibility index (Phi) is 59.1. The molecule has 0 radical (unpaired) electrons. The maximum absolute atomic E-state index is 13.0. The first-order chi connectivity index (χ1) is 41.7. The SMILES string of the molecule is CCCC/C=C/CC/C=C/CC/C=C/C(O)C(COC1OC(CO)C(O)C(O)C1O)NC(=O)CCCCCCCCCCCCCCCCCCC/C=C\C/C=C\CCCCCCCCCCCOC(=O)CCCCCCC/C=C\CCCCC. The van der Waals surface area contributed by atoms with E-state index < -0.39 is 49.5 Å². The molecule has 0 aliphatic carbocycles. The fraction of sp³-hybridized carbons (Fsp3) is 0.811. The normalized spacial score (nSPS) is 18.4. The van der Waals surface area contributed by atoms with Gasteiger partial charge in [0.2, 0.25) is 5.91 Å². The van der Waals surface area contributed by atoms with E-state index in [1.54, 1.807) is 6.08 Å². The highest BCUT2D eigenvalue weighted by Gasteiger charge is 2.44. The molecule has 0 saturated carbocycles. The van der Waals surface area contributed by atoms with Gasteiger partial charge in [0.1, 0.15) is 24.4 Å². The molecular formula is C74H133NO10. The second kappa shape index (κ2) is 62.7. The van der Waals surface area contributed by atoms with Crippen LogP contribution in [-0.2, 0) is 23.8 Å². The Morgan fingerprint density at radius 2 is 0.812 bits per heavy atom. The lowest BCUT2D eigenvalue weighted by Crippen LogP contribution is -2.60. The molecule has 1 fully saturated rings. The van der Waals surface area contributed by atoms with Crippen LogP contribution in [0.5, 0.6) is 0 Å². The first kappa shape index (κ1) is 80.1. The van der Waals surface area contributed by atoms with E-state index in [0.717, 1.165) is 77.0 Å². The number of carbonyl (C=O) groups is 2. The molecule has 1 aliphatic heterocycles. The molecule has 1 rings (SSSR count). The molecule has 494 valence electrons. The van der Waals surface area contributed by atoms with Crippen molar-refractivity contribution in [1.29, 1.82) is 0 Å². The average molecular weight is 1200 g/mol. The average Bonchev–Trinajstić information content (AvgIpc) is 3.30. The molecule has 7 unspecified atom stereocenters. The number of allylic oxidation sites excluding steroid dienone is 11. The van der Waals surface area contributed by atoms with Gasteiger partial charge in [-0.25, -0.2) is 0 Å². The topological polar surface area (TPSA) is 175 Å². The number of aliphatic hydroxyl groups is 5. The summed E-state index contributed by atoms with van der Waals surface area (Å²) in [6.07, 6.45) is 74.8. The molecule has 1 amide bonds. The van der Waals surface area contributed by atoms with Gasteiger partial charge in [0.25, 0.3) is 0 Å². The van der Waals surface area contributed by atoms with Gasteiger partial charge in [-0.15, -0.1) is 0 Å². The van der Waals surface area contributed by atoms with Crippen LogP contribution in [0.1, 0.15) is 322 Å². The Bertz CT molecular complexity index is 1640. The largest absolute Gasteiger partial charge is 0.466 e. The zero-order chi connectivity index (χ0) is 61.6. The highest BCUT2D eigenvalue weighted by atomic mass is 16.7. The van der Waals surface area contributed by atoms with Crippen LogP contribution in [0.15, 0.2) is 72.9 Å². The van der Waals surface area contributed by atoms with E-state index in [4.69, 9.17) is 14.2 Å². The van der Waals surface area contributed by atoms with Crippen molar-refractivity contribution < 1.29 is 49.3 Å². The number of rotatable bonds is 62. The fourth-order valence-corrected chi connectivity index (χ4v) is 10.8. The number of amides is 1. The molecule has 0 bridgehead atoms. The first-order valence-corrected chi connectivity index (χ1v) is 35.7. The van der Waals surface area contributed by atoms with Gasteiger partial charge < -0.3 is 45.1 Å². The lowest BCUT2D eigenvalue weighted by molar-refractivity contribution is -0.302. The van der Waals surface area contributed by atoms with Gasteiger partial charge in [0, 0.05) is 12.8 Å². The van der Waals surface area contributed by atoms with Crippen LogP contribution in [0.4, 0.5) is 0 Å². The lowest BCUT2D eigenvalue weighted by Gasteiger charge is -2.40. The molecule has 0 spiro atoms. The molecule has 0 aromatic rings. The van der Waals surface area contributed by atoms with Crippen molar-refractivity contribution in [3.8, 4) is 0 Å². The summed E-state index contributed by atoms with van der Waals surface area (Å²) in [4.78, 5) is 25.1. The molecule has 1 saturated heterocycles. The van der Waals surface area contributed by atoms with E-state index >= 15 is 0 Å². The summed E-state index contributed by atoms with van der Waals surface area (Å²) in [6, 6.07) is -0.834. The molecule has 6 N–H and O–H groups in total. The van der Waals surface area contributed by atoms with E-state index in [1.807, 2.05) is 6.08 Å². The van der Waals surface area contributed by atoms with Crippen molar-refractivity contribution in [3.63, 3.8) is 0 Å². The van der Waals surface area contributed by atoms with Crippen LogP contribution in [-0.4, -0.2) is 100 Å². The first-order valence-electron chi connectivity index (χ1n) is 35.7. The third kappa shape index (κ3) is 51.7. The van der Waals surface area contributed by atoms with Crippen molar-refractivity contribution in [2.45, 2.75) is 365 Å². The number of carbonyl (C=O) groups excluding carboxylic acids is 2. The van der Waals surface area contributed by atoms with Crippen molar-refractivity contribution in [1.82, 2.24) is 5.32 Å². The van der Waals surface area contributed by atoms with E-state index in [1.165, 1.54) is 218 Å². The van der Waals surface area contributed by atoms with Crippen LogP contribution in [0.3, 0.4) is 0 Å². The van der Waals surface area contributed by atoms with Crippen LogP contribution >= 0.6 is 0 Å². The Morgan fingerprint density at radius 1 is 0.435 bits per heavy atom. The van der Waals surface area contributed by atoms with Gasteiger partial charge >= 0.3 is 5.97 Å². The van der Waals surface area contributed by atoms with Gasteiger partial charge in [-0.2, -0.15) is 0 Å². The summed E-state index contributed by atoms with van der Waals surface area (Å²) in [6.45, 7) is 4.26. The van der Waals surface area contributed by atoms with Crippen molar-refractivity contribution in [2.24, 2.45) is 0 Å². The van der Waals surface area contributed by atoms with E-state index in [-0.39, 0.29) is 18.5 Å². The number of unbranched alkanes of at least 4 members (excludes halogenated alkanes) is 38. The number of aliphatic hydroxyl groups excluding tert-OH is 5. The van der Waals surface area contributed by atoms with E-state index in [2.05, 4.69) is 79.9 Å². The second-order valence-electron chi connectivity index (χ2n) is 24.6. The zero-order valence-electron chi connectivity index (χ0n) is 54.8. The summed E-state index contributed by atoms with van der Waals surface area (Å²) in [7, 11) is 0. The predicted molar refractivity (Wildman–Crippen MR) is 356 cm³/mol. The molecule has 0 aromatic carbocycles. The molecule has 11 heteroatoms. The van der Waals surface area contributed by atoms with Crippen LogP contribution in [0.2, 0.25) is 0 Å². The summed E-state index contributed by atoms with van der Waals surface area (Å²) in [5, 5.41) is 54.4. The van der Waals surface area contributed by atoms with Gasteiger partial charge in [0.15, 0.2) is 6.29 Å². The van der Waals surface area contributed by atoms with Crippen molar-refractivity contribution in [2.75, 3.05) is 19.8 Å². The van der Waals surface area contributed by atoms with E-state index in [9.17, 15) is 35.1 Å². The second-order valence-corrected chi connectivity index (χ2v) is 24.6. The number of nitrogens with one attached hydrogen (secondary N) is 1. The molecule has 1 heterocycles. The predicted octanol–water partition coefficient (Wildman–Crippen LogP) is 18.3. The van der Waals surface area contributed by atoms with E-state index in [0.29, 0.717) is 19.4 Å². The Labute approximate surface area is 521 Å². The molecule has 0 aromatic heterocycles. The third-order valence-electron chi connectivity index (χ3n) is 16.5. The van der Waals surface area contributed by atoms with Crippen LogP contribution in [0.25, 0.3) is 0 Å². The number of hydrogen-bond acceptors (Lipinski definition) is 10. The monoisotopic (exact) mass is 1200 g/mol. The van der Waals surface area contributed by atoms with Crippen LogP contribution in [0, 0.1) is 0 Å². The molecule has 85 heavy (non-hydrogen) atoms. The number of esters is 1. The minimum Gasteiger partial charge on any atom is -0.466 e. The standard InChI is InChI=1S/C74H133NO10/c1-3-5-7-9-11-13-15-40-44-48-52-56-60-67(77)66(65-84-74-73(82)72(81)71(80)68(64-76)85-74)75-69(78)61-57-53-49-45-41-38-36-34-32-30-28-26-24-22-20-18-17-19-21-23-25-27-29-31-33-35-37-39-43-47-51-55-59-63-83-70(79)62-58-54-50-46-42-16-14-12-10-8-6-4-2/h9,11-12,14,21,23,27,29,40,44,56,60,66-68,71-74,76-77,80-82H,3-8,10,13,15-20,22,24-26,28,30-39,41-43,45-55,57-59,61-65H2,1-2H3,(H,75,78)/b11-9+,14-12-,23-21-,29-27-,44-40+,60-56+. The maximum Gasteiger partial charge on any atom is 0.305 e. The fourth-order valence-electron chi connectivity index (χ4n) is 10.8. The quantitative estimate of drug-likeness (QED) is 0.0195. The summed E-state index contributed by atoms with van der Waals surface area (Å²) in [5.74, 6) is -0.200. The maximum atomic E-state index is 13.0. The zero-order valence-corrected chi connectivity index (χ0v) is 54.8. The molecule has 1 aliphatic rings. The van der Waals surface area contributed by atoms with Gasteiger partial charge in [-0.1, -0.05) is 273 Å². The van der Waals surface area contributed by atoms with Crippen molar-refractivity contribution in [3.05, 3.63) is 72.9 Å². The Balaban J connectivity index is 1.96. The highest BCUT2D eigenvalue weighted by molar-refractivity contribution is 5.76. The molecule has 7 atom stereocenters. The van der Waals surface area contributed by atoms with Gasteiger partial charge in [-0.05, 0) is 109 Å².